The van der Waals surface area contributed by atoms with Gasteiger partial charge >= 0.3 is 0 Å². The van der Waals surface area contributed by atoms with Crippen molar-refractivity contribution in [3.8, 4) is 0 Å². The Morgan fingerprint density at radius 3 is 2.90 bits per heavy atom. The Morgan fingerprint density at radius 1 is 1.40 bits per heavy atom. The lowest BCUT2D eigenvalue weighted by molar-refractivity contribution is -0.924. The molecule has 1 aromatic rings. The maximum Gasteiger partial charge on any atom is 0.212 e. The van der Waals surface area contributed by atoms with Gasteiger partial charge in [-0.1, -0.05) is 25.1 Å². The molecule has 0 aromatic heterocycles. The van der Waals surface area contributed by atoms with Crippen molar-refractivity contribution in [1.29, 1.82) is 0 Å². The number of nitrogens with zero attached hydrogens (tertiary/aromatic N) is 2. The fourth-order valence-corrected chi connectivity index (χ4v) is 3.42. The summed E-state index contributed by atoms with van der Waals surface area (Å²) >= 11 is 0. The summed E-state index contributed by atoms with van der Waals surface area (Å²) in [5, 5.41) is 25.1. The number of aryl methyl sites for hydroxylation is 1. The number of hydrogen-bond donors (Lipinski definition) is 0. The Hall–Kier alpha value is -1.43. The van der Waals surface area contributed by atoms with Gasteiger partial charge in [-0.25, -0.2) is 0 Å². The largest absolute Gasteiger partial charge is 0.756 e. The van der Waals surface area contributed by atoms with Crippen LogP contribution in [0.15, 0.2) is 18.2 Å². The number of carbonyl (C=O) groups excluding carboxylic acids is 1. The molecule has 2 aliphatic rings. The van der Waals surface area contributed by atoms with Gasteiger partial charge in [0, 0.05) is 24.0 Å². The highest BCUT2D eigenvalue weighted by molar-refractivity contribution is 5.77. The number of hydrogen-bond acceptors (Lipinski definition) is 3. The van der Waals surface area contributed by atoms with Crippen molar-refractivity contribution in [2.75, 3.05) is 6.54 Å². The van der Waals surface area contributed by atoms with Gasteiger partial charge in [-0.2, -0.15) is 0 Å². The van der Waals surface area contributed by atoms with Crippen molar-refractivity contribution < 1.29 is 9.44 Å². The van der Waals surface area contributed by atoms with E-state index < -0.39 is 0 Å². The van der Waals surface area contributed by atoms with Gasteiger partial charge in [0.25, 0.3) is 0 Å². The van der Waals surface area contributed by atoms with Crippen LogP contribution in [0, 0.1) is 10.4 Å². The minimum absolute atomic E-state index is 0.0395. The highest BCUT2D eigenvalue weighted by Gasteiger charge is 2.39. The van der Waals surface area contributed by atoms with Crippen molar-refractivity contribution in [2.24, 2.45) is 0 Å². The van der Waals surface area contributed by atoms with Crippen LogP contribution < -0.4 is 0 Å². The molecule has 5 heteroatoms. The predicted octanol–water partition coefficient (Wildman–Crippen LogP) is 2.07. The van der Waals surface area contributed by atoms with Gasteiger partial charge in [0.2, 0.25) is 5.91 Å². The van der Waals surface area contributed by atoms with Gasteiger partial charge < -0.3 is 20.1 Å². The summed E-state index contributed by atoms with van der Waals surface area (Å²) in [6.45, 7) is 2.99. The Balaban J connectivity index is 1.84. The molecule has 2 atom stereocenters. The van der Waals surface area contributed by atoms with Crippen molar-refractivity contribution in [1.82, 2.24) is 5.06 Å². The summed E-state index contributed by atoms with van der Waals surface area (Å²) in [5.74, 6) is -0.390. The van der Waals surface area contributed by atoms with Gasteiger partial charge in [-0.3, -0.25) is 4.79 Å². The normalized spacial score (nSPS) is 29.6. The molecule has 0 spiro atoms. The van der Waals surface area contributed by atoms with E-state index in [1.54, 1.807) is 0 Å². The van der Waals surface area contributed by atoms with Crippen LogP contribution in [0.1, 0.15) is 36.5 Å². The third-order valence-electron chi connectivity index (χ3n) is 4.63. The van der Waals surface area contributed by atoms with E-state index >= 15 is 0 Å². The summed E-state index contributed by atoms with van der Waals surface area (Å²) in [7, 11) is 0. The monoisotopic (exact) mass is 275 g/mol. The highest BCUT2D eigenvalue weighted by Crippen LogP contribution is 2.36. The molecule has 108 valence electrons. The van der Waals surface area contributed by atoms with E-state index in [4.69, 9.17) is 0 Å². The third kappa shape index (κ3) is 2.12. The zero-order valence-corrected chi connectivity index (χ0v) is 11.7. The number of amides is 1. The lowest BCUT2D eigenvalue weighted by atomic mass is 10.0. The molecule has 3 rings (SSSR count). The first-order chi connectivity index (χ1) is 9.53. The third-order valence-corrected chi connectivity index (χ3v) is 4.63. The summed E-state index contributed by atoms with van der Waals surface area (Å²) in [5.41, 5.74) is 3.48. The molecule has 0 bridgehead atoms. The number of quaternary nitrogens is 1. The fourth-order valence-electron chi connectivity index (χ4n) is 3.42. The first kappa shape index (κ1) is 13.5. The van der Waals surface area contributed by atoms with E-state index in [9.17, 15) is 15.2 Å². The number of hydroxylamine groups is 5. The maximum absolute atomic E-state index is 13.1. The van der Waals surface area contributed by atoms with Gasteiger partial charge in [-0.05, 0) is 12.0 Å². The van der Waals surface area contributed by atoms with Crippen LogP contribution in [0.5, 0.6) is 0 Å². The van der Waals surface area contributed by atoms with E-state index in [2.05, 4.69) is 13.0 Å². The second kappa shape index (κ2) is 4.84. The lowest BCUT2D eigenvalue weighted by Crippen LogP contribution is -2.54. The molecule has 1 amide bonds. The number of fused-ring (bicyclic) bond motifs is 1. The Morgan fingerprint density at radius 2 is 2.20 bits per heavy atom. The van der Waals surface area contributed by atoms with Crippen molar-refractivity contribution in [3.63, 3.8) is 0 Å². The molecule has 0 radical (unpaired) electrons. The van der Waals surface area contributed by atoms with Gasteiger partial charge in [-0.15, -0.1) is 0 Å². The summed E-state index contributed by atoms with van der Waals surface area (Å²) in [4.78, 5) is 11.3. The topological polar surface area (TPSA) is 66.4 Å². The average molecular weight is 275 g/mol. The number of carbonyl (C=O) groups is 1. The van der Waals surface area contributed by atoms with Crippen LogP contribution in [0.4, 0.5) is 0 Å². The molecule has 1 aromatic carbocycles. The van der Waals surface area contributed by atoms with Gasteiger partial charge in [0.1, 0.15) is 19.1 Å². The van der Waals surface area contributed by atoms with Crippen molar-refractivity contribution in [2.45, 2.75) is 45.3 Å². The zero-order valence-electron chi connectivity index (χ0n) is 11.7. The Bertz CT molecular complexity index is 546. The van der Waals surface area contributed by atoms with Crippen LogP contribution in [-0.2, 0) is 24.3 Å². The first-order valence-corrected chi connectivity index (χ1v) is 7.18. The van der Waals surface area contributed by atoms with E-state index in [1.807, 2.05) is 12.1 Å². The van der Waals surface area contributed by atoms with Crippen LogP contribution in [0.25, 0.3) is 0 Å². The molecule has 2 aliphatic heterocycles. The molecule has 0 saturated carbocycles. The minimum atomic E-state index is -0.390. The second-order valence-electron chi connectivity index (χ2n) is 5.82. The zero-order chi connectivity index (χ0) is 14.3. The van der Waals surface area contributed by atoms with Crippen LogP contribution in [-0.4, -0.2) is 28.2 Å². The van der Waals surface area contributed by atoms with Gasteiger partial charge in [0.15, 0.2) is 0 Å². The van der Waals surface area contributed by atoms with Crippen LogP contribution >= 0.6 is 0 Å². The SMILES string of the molecule is CCc1cccc2c1C[N+]([O-])(C1CCC(=O)N([O-])C1)C2. The fraction of sp³-hybridized carbons (Fsp3) is 0.533. The van der Waals surface area contributed by atoms with Crippen molar-refractivity contribution in [3.05, 3.63) is 45.3 Å². The standard InChI is InChI=1S/C15H19N2O3/c1-2-11-4-3-5-12-9-17(20,10-14(11)12)13-6-7-15(18)16(19)8-13/h3-5,13H,2,6-10H2,1H3/q-1. The smallest absolute Gasteiger partial charge is 0.212 e. The molecule has 5 nitrogen and oxygen atoms in total. The van der Waals surface area contributed by atoms with Gasteiger partial charge in [0.05, 0.1) is 6.54 Å². The van der Waals surface area contributed by atoms with E-state index in [1.165, 1.54) is 5.56 Å². The Labute approximate surface area is 118 Å². The Kier molecular flexibility index (Phi) is 3.28. The number of benzene rings is 1. The molecular formula is C15H19N2O3-. The first-order valence-electron chi connectivity index (χ1n) is 7.18. The molecule has 20 heavy (non-hydrogen) atoms. The van der Waals surface area contributed by atoms with E-state index in [-0.39, 0.29) is 29.6 Å². The second-order valence-corrected chi connectivity index (χ2v) is 5.82. The number of piperidine rings is 1. The van der Waals surface area contributed by atoms with Crippen molar-refractivity contribution >= 4 is 5.91 Å². The van der Waals surface area contributed by atoms with E-state index in [0.717, 1.165) is 17.5 Å². The highest BCUT2D eigenvalue weighted by atomic mass is 16.6. The average Bonchev–Trinajstić information content (AvgIpc) is 2.79. The molecule has 1 saturated heterocycles. The summed E-state index contributed by atoms with van der Waals surface area (Å²) in [6.07, 6.45) is 1.64. The summed E-state index contributed by atoms with van der Waals surface area (Å²) < 4.78 is -0.377. The number of rotatable bonds is 2. The maximum atomic E-state index is 13.1. The molecule has 2 unspecified atom stereocenters. The quantitative estimate of drug-likeness (QED) is 0.613. The minimum Gasteiger partial charge on any atom is -0.756 e. The molecule has 0 N–H and O–H groups in total. The summed E-state index contributed by atoms with van der Waals surface area (Å²) in [6, 6.07) is 5.79. The molecule has 0 aliphatic carbocycles. The predicted molar refractivity (Wildman–Crippen MR) is 75.0 cm³/mol. The molecule has 2 heterocycles. The van der Waals surface area contributed by atoms with Crippen LogP contribution in [0.3, 0.4) is 0 Å². The lowest BCUT2D eigenvalue weighted by Gasteiger charge is -2.50. The van der Waals surface area contributed by atoms with E-state index in [0.29, 0.717) is 24.6 Å². The molecular weight excluding hydrogens is 256 g/mol. The van der Waals surface area contributed by atoms with Crippen LogP contribution in [0.2, 0.25) is 0 Å². The molecule has 1 fully saturated rings.